The lowest BCUT2D eigenvalue weighted by molar-refractivity contribution is 0.105. The molecule has 1 N–H and O–H groups in total. The predicted molar refractivity (Wildman–Crippen MR) is 47.8 cm³/mol. The second-order valence-electron chi connectivity index (χ2n) is 2.44. The Morgan fingerprint density at radius 2 is 2.42 bits per heavy atom. The molecule has 1 unspecified atom stereocenters. The van der Waals surface area contributed by atoms with E-state index in [1.54, 1.807) is 14.1 Å². The van der Waals surface area contributed by atoms with Gasteiger partial charge in [0, 0.05) is 7.05 Å². The molecule has 0 aliphatic carbocycles. The highest BCUT2D eigenvalue weighted by molar-refractivity contribution is 5.67. The minimum Gasteiger partial charge on any atom is -0.445 e. The topological polar surface area (TPSA) is 41.6 Å². The molecule has 0 aromatic carbocycles. The zero-order valence-electron chi connectivity index (χ0n) is 7.83. The van der Waals surface area contributed by atoms with E-state index < -0.39 is 0 Å². The standard InChI is InChI=1S/C8H16N2O2/c1-5-6-12-8(11)10(4)7(2)9-3/h5,7,9H,1,6H2,2-4H3. The lowest BCUT2D eigenvalue weighted by Crippen LogP contribution is -2.43. The van der Waals surface area contributed by atoms with Gasteiger partial charge in [-0.15, -0.1) is 0 Å². The van der Waals surface area contributed by atoms with E-state index in [-0.39, 0.29) is 18.9 Å². The van der Waals surface area contributed by atoms with Crippen molar-refractivity contribution in [3.8, 4) is 0 Å². The highest BCUT2D eigenvalue weighted by Gasteiger charge is 2.13. The van der Waals surface area contributed by atoms with Crippen LogP contribution in [0, 0.1) is 0 Å². The number of nitrogens with zero attached hydrogens (tertiary/aromatic N) is 1. The molecule has 0 spiro atoms. The molecule has 1 amide bonds. The highest BCUT2D eigenvalue weighted by atomic mass is 16.6. The zero-order valence-corrected chi connectivity index (χ0v) is 7.83. The second kappa shape index (κ2) is 5.60. The van der Waals surface area contributed by atoms with Gasteiger partial charge in [-0.3, -0.25) is 4.90 Å². The number of hydrogen-bond donors (Lipinski definition) is 1. The minimum absolute atomic E-state index is 0.0256. The summed E-state index contributed by atoms with van der Waals surface area (Å²) in [5, 5.41) is 2.92. The van der Waals surface area contributed by atoms with Crippen LogP contribution in [-0.4, -0.2) is 37.9 Å². The molecule has 0 rings (SSSR count). The number of carbonyl (C=O) groups excluding carboxylic acids is 1. The summed E-state index contributed by atoms with van der Waals surface area (Å²) in [6.07, 6.45) is 1.16. The molecule has 0 aromatic heterocycles. The fraction of sp³-hybridized carbons (Fsp3) is 0.625. The SMILES string of the molecule is C=CCOC(=O)N(C)C(C)NC. The summed E-state index contributed by atoms with van der Waals surface area (Å²) in [5.41, 5.74) is 0. The fourth-order valence-electron chi connectivity index (χ4n) is 0.584. The van der Waals surface area contributed by atoms with Crippen molar-refractivity contribution in [2.75, 3.05) is 20.7 Å². The molecular formula is C8H16N2O2. The first-order chi connectivity index (χ1) is 5.63. The van der Waals surface area contributed by atoms with Crippen LogP contribution in [-0.2, 0) is 4.74 Å². The third-order valence-corrected chi connectivity index (χ3v) is 1.61. The highest BCUT2D eigenvalue weighted by Crippen LogP contribution is 1.94. The summed E-state index contributed by atoms with van der Waals surface area (Å²) in [7, 11) is 3.45. The van der Waals surface area contributed by atoms with Crippen LogP contribution in [0.5, 0.6) is 0 Å². The summed E-state index contributed by atoms with van der Waals surface area (Å²) in [6.45, 7) is 5.57. The van der Waals surface area contributed by atoms with Crippen molar-refractivity contribution in [3.05, 3.63) is 12.7 Å². The van der Waals surface area contributed by atoms with E-state index in [2.05, 4.69) is 11.9 Å². The average Bonchev–Trinajstić information content (AvgIpc) is 2.11. The quantitative estimate of drug-likeness (QED) is 0.504. The van der Waals surface area contributed by atoms with Crippen LogP contribution in [0.4, 0.5) is 4.79 Å². The molecule has 4 heteroatoms. The number of amides is 1. The summed E-state index contributed by atoms with van der Waals surface area (Å²) >= 11 is 0. The van der Waals surface area contributed by atoms with Gasteiger partial charge in [0.05, 0.1) is 6.17 Å². The maximum atomic E-state index is 11.1. The fourth-order valence-corrected chi connectivity index (χ4v) is 0.584. The van der Waals surface area contributed by atoms with Crippen LogP contribution >= 0.6 is 0 Å². The Bertz CT molecular complexity index is 159. The van der Waals surface area contributed by atoms with E-state index in [0.717, 1.165) is 0 Å². The third-order valence-electron chi connectivity index (χ3n) is 1.61. The predicted octanol–water partition coefficient (Wildman–Crippen LogP) is 0.806. The number of nitrogens with one attached hydrogen (secondary N) is 1. The smallest absolute Gasteiger partial charge is 0.411 e. The van der Waals surface area contributed by atoms with E-state index in [1.807, 2.05) is 6.92 Å². The van der Waals surface area contributed by atoms with Gasteiger partial charge in [-0.05, 0) is 14.0 Å². The first kappa shape index (κ1) is 11.0. The van der Waals surface area contributed by atoms with E-state index in [9.17, 15) is 4.79 Å². The Morgan fingerprint density at radius 3 is 2.83 bits per heavy atom. The second-order valence-corrected chi connectivity index (χ2v) is 2.44. The molecule has 0 aromatic rings. The van der Waals surface area contributed by atoms with Crippen LogP contribution in [0.1, 0.15) is 6.92 Å². The largest absolute Gasteiger partial charge is 0.445 e. The maximum Gasteiger partial charge on any atom is 0.411 e. The zero-order chi connectivity index (χ0) is 9.56. The molecule has 0 saturated carbocycles. The third kappa shape index (κ3) is 3.39. The summed E-state index contributed by atoms with van der Waals surface area (Å²) in [4.78, 5) is 12.6. The maximum absolute atomic E-state index is 11.1. The molecule has 0 radical (unpaired) electrons. The van der Waals surface area contributed by atoms with Crippen molar-refractivity contribution < 1.29 is 9.53 Å². The molecule has 0 aliphatic heterocycles. The molecule has 4 nitrogen and oxygen atoms in total. The molecule has 0 fully saturated rings. The van der Waals surface area contributed by atoms with Gasteiger partial charge in [0.1, 0.15) is 6.61 Å². The van der Waals surface area contributed by atoms with Crippen molar-refractivity contribution >= 4 is 6.09 Å². The van der Waals surface area contributed by atoms with Crippen LogP contribution in [0.2, 0.25) is 0 Å². The van der Waals surface area contributed by atoms with Crippen molar-refractivity contribution in [3.63, 3.8) is 0 Å². The summed E-state index contributed by atoms with van der Waals surface area (Å²) in [5.74, 6) is 0. The minimum atomic E-state index is -0.350. The number of rotatable bonds is 4. The molecule has 70 valence electrons. The van der Waals surface area contributed by atoms with Gasteiger partial charge in [0.2, 0.25) is 0 Å². The lowest BCUT2D eigenvalue weighted by atomic mass is 10.5. The number of ether oxygens (including phenoxy) is 1. The Balaban J connectivity index is 3.83. The van der Waals surface area contributed by atoms with Gasteiger partial charge < -0.3 is 10.1 Å². The van der Waals surface area contributed by atoms with Crippen molar-refractivity contribution in [1.29, 1.82) is 0 Å². The van der Waals surface area contributed by atoms with Gasteiger partial charge in [-0.2, -0.15) is 0 Å². The van der Waals surface area contributed by atoms with E-state index in [0.29, 0.717) is 0 Å². The van der Waals surface area contributed by atoms with Gasteiger partial charge >= 0.3 is 6.09 Å². The molecule has 0 saturated heterocycles. The normalized spacial score (nSPS) is 11.9. The molecule has 0 heterocycles. The first-order valence-electron chi connectivity index (χ1n) is 3.81. The number of hydrogen-bond acceptors (Lipinski definition) is 3. The van der Waals surface area contributed by atoms with Crippen LogP contribution in [0.15, 0.2) is 12.7 Å². The first-order valence-corrected chi connectivity index (χ1v) is 3.81. The van der Waals surface area contributed by atoms with Crippen LogP contribution < -0.4 is 5.32 Å². The summed E-state index contributed by atoms with van der Waals surface area (Å²) < 4.78 is 4.80. The van der Waals surface area contributed by atoms with Gasteiger partial charge in [-0.25, -0.2) is 4.79 Å². The lowest BCUT2D eigenvalue weighted by Gasteiger charge is -2.23. The van der Waals surface area contributed by atoms with Crippen LogP contribution in [0.25, 0.3) is 0 Å². The van der Waals surface area contributed by atoms with Crippen molar-refractivity contribution in [1.82, 2.24) is 10.2 Å². The summed E-state index contributed by atoms with van der Waals surface area (Å²) in [6, 6.07) is 0. The molecule has 12 heavy (non-hydrogen) atoms. The van der Waals surface area contributed by atoms with Gasteiger partial charge in [0.25, 0.3) is 0 Å². The average molecular weight is 172 g/mol. The Labute approximate surface area is 73.2 Å². The van der Waals surface area contributed by atoms with E-state index >= 15 is 0 Å². The van der Waals surface area contributed by atoms with E-state index in [4.69, 9.17) is 4.74 Å². The monoisotopic (exact) mass is 172 g/mol. The van der Waals surface area contributed by atoms with Crippen molar-refractivity contribution in [2.24, 2.45) is 0 Å². The molecule has 0 bridgehead atoms. The van der Waals surface area contributed by atoms with Crippen LogP contribution in [0.3, 0.4) is 0 Å². The molecular weight excluding hydrogens is 156 g/mol. The number of carbonyl (C=O) groups is 1. The Hall–Kier alpha value is -1.03. The van der Waals surface area contributed by atoms with Crippen molar-refractivity contribution in [2.45, 2.75) is 13.1 Å². The Morgan fingerprint density at radius 1 is 1.83 bits per heavy atom. The molecule has 1 atom stereocenters. The molecule has 0 aliphatic rings. The van der Waals surface area contributed by atoms with E-state index in [1.165, 1.54) is 11.0 Å². The Kier molecular flexibility index (Phi) is 5.12. The van der Waals surface area contributed by atoms with Gasteiger partial charge in [-0.1, -0.05) is 12.7 Å². The van der Waals surface area contributed by atoms with Gasteiger partial charge in [0.15, 0.2) is 0 Å².